The third-order valence-corrected chi connectivity index (χ3v) is 2.62. The van der Waals surface area contributed by atoms with Gasteiger partial charge in [-0.2, -0.15) is 0 Å². The predicted molar refractivity (Wildman–Crippen MR) is 61.8 cm³/mol. The molecule has 1 aromatic rings. The fourth-order valence-corrected chi connectivity index (χ4v) is 1.45. The zero-order valence-corrected chi connectivity index (χ0v) is 10.0. The first-order valence-electron chi connectivity index (χ1n) is 5.57. The molecule has 0 radical (unpaired) electrons. The molecule has 0 aliphatic carbocycles. The molecule has 0 saturated heterocycles. The topological polar surface area (TPSA) is 79.5 Å². The minimum Gasteiger partial charge on any atom is -0.481 e. The lowest BCUT2D eigenvalue weighted by molar-refractivity contribution is -0.141. The molecule has 0 fully saturated rings. The van der Waals surface area contributed by atoms with Gasteiger partial charge in [0.1, 0.15) is 5.76 Å². The van der Waals surface area contributed by atoms with Crippen molar-refractivity contribution in [2.75, 3.05) is 6.54 Å². The summed E-state index contributed by atoms with van der Waals surface area (Å²) in [5.41, 5.74) is 0.524. The van der Waals surface area contributed by atoms with Crippen LogP contribution in [0.4, 0.5) is 0 Å². The summed E-state index contributed by atoms with van der Waals surface area (Å²) in [6, 6.07) is 1.62. The minimum atomic E-state index is -0.804. The Kier molecular flexibility index (Phi) is 4.75. The van der Waals surface area contributed by atoms with Crippen molar-refractivity contribution >= 4 is 11.9 Å². The highest BCUT2D eigenvalue weighted by Gasteiger charge is 2.12. The van der Waals surface area contributed by atoms with Gasteiger partial charge in [-0.15, -0.1) is 0 Å². The van der Waals surface area contributed by atoms with E-state index in [1.165, 1.54) is 6.26 Å². The maximum Gasteiger partial charge on any atom is 0.306 e. The van der Waals surface area contributed by atoms with Crippen molar-refractivity contribution in [3.63, 3.8) is 0 Å². The number of carbonyl (C=O) groups is 2. The predicted octanol–water partition coefficient (Wildman–Crippen LogP) is 1.82. The summed E-state index contributed by atoms with van der Waals surface area (Å²) >= 11 is 0. The molecule has 1 heterocycles. The van der Waals surface area contributed by atoms with Crippen LogP contribution in [0.15, 0.2) is 16.7 Å². The monoisotopic (exact) mass is 239 g/mol. The molecule has 94 valence electrons. The van der Waals surface area contributed by atoms with Crippen molar-refractivity contribution in [1.82, 2.24) is 5.32 Å². The Balaban J connectivity index is 2.26. The van der Waals surface area contributed by atoms with Gasteiger partial charge in [0, 0.05) is 6.54 Å². The summed E-state index contributed by atoms with van der Waals surface area (Å²) in [5, 5.41) is 11.4. The number of carbonyl (C=O) groups excluding carboxylic acids is 1. The molecule has 1 aromatic heterocycles. The highest BCUT2D eigenvalue weighted by Crippen LogP contribution is 2.08. The lowest BCUT2D eigenvalue weighted by Gasteiger charge is -2.06. The maximum atomic E-state index is 11.6. The van der Waals surface area contributed by atoms with E-state index in [0.29, 0.717) is 30.7 Å². The van der Waals surface area contributed by atoms with Gasteiger partial charge in [0.15, 0.2) is 0 Å². The molecule has 5 heteroatoms. The summed E-state index contributed by atoms with van der Waals surface area (Å²) in [6.07, 6.45) is 2.67. The van der Waals surface area contributed by atoms with E-state index < -0.39 is 5.97 Å². The number of amides is 1. The van der Waals surface area contributed by atoms with Crippen LogP contribution in [0.1, 0.15) is 35.9 Å². The van der Waals surface area contributed by atoms with Crippen molar-refractivity contribution in [3.05, 3.63) is 23.7 Å². The zero-order chi connectivity index (χ0) is 12.8. The van der Waals surface area contributed by atoms with E-state index >= 15 is 0 Å². The van der Waals surface area contributed by atoms with E-state index in [-0.39, 0.29) is 11.8 Å². The minimum absolute atomic E-state index is 0.181. The molecule has 1 atom stereocenters. The van der Waals surface area contributed by atoms with E-state index in [1.54, 1.807) is 19.9 Å². The van der Waals surface area contributed by atoms with Crippen LogP contribution in [0.25, 0.3) is 0 Å². The van der Waals surface area contributed by atoms with Crippen LogP contribution < -0.4 is 5.32 Å². The van der Waals surface area contributed by atoms with Gasteiger partial charge in [-0.05, 0) is 25.8 Å². The second-order valence-corrected chi connectivity index (χ2v) is 4.03. The molecule has 1 unspecified atom stereocenters. The van der Waals surface area contributed by atoms with E-state index in [1.807, 2.05) is 0 Å². The molecule has 0 spiro atoms. The molecule has 2 N–H and O–H groups in total. The van der Waals surface area contributed by atoms with E-state index in [4.69, 9.17) is 9.52 Å². The molecule has 17 heavy (non-hydrogen) atoms. The summed E-state index contributed by atoms with van der Waals surface area (Å²) in [7, 11) is 0. The zero-order valence-electron chi connectivity index (χ0n) is 10.0. The number of aryl methyl sites for hydroxylation is 1. The lowest BCUT2D eigenvalue weighted by atomic mass is 10.1. The summed E-state index contributed by atoms with van der Waals surface area (Å²) < 4.78 is 5.02. The molecule has 0 bridgehead atoms. The van der Waals surface area contributed by atoms with E-state index in [0.717, 1.165) is 0 Å². The van der Waals surface area contributed by atoms with Crippen molar-refractivity contribution in [2.45, 2.75) is 26.7 Å². The number of aliphatic carboxylic acids is 1. The lowest BCUT2D eigenvalue weighted by Crippen LogP contribution is -2.25. The highest BCUT2D eigenvalue weighted by molar-refractivity contribution is 5.94. The Labute approximate surface area is 99.8 Å². The standard InChI is InChI=1S/C12H17NO4/c1-8(12(15)16)4-3-6-13-11(14)10-5-7-17-9(10)2/h5,7-8H,3-4,6H2,1-2H3,(H,13,14)(H,15,16). The number of nitrogens with one attached hydrogen (secondary N) is 1. The van der Waals surface area contributed by atoms with Crippen molar-refractivity contribution in [2.24, 2.45) is 5.92 Å². The van der Waals surface area contributed by atoms with Crippen LogP contribution in [-0.4, -0.2) is 23.5 Å². The largest absolute Gasteiger partial charge is 0.481 e. The maximum absolute atomic E-state index is 11.6. The smallest absolute Gasteiger partial charge is 0.306 e. The van der Waals surface area contributed by atoms with Crippen LogP contribution in [0, 0.1) is 12.8 Å². The number of hydrogen-bond acceptors (Lipinski definition) is 3. The Bertz CT molecular complexity index is 397. The van der Waals surface area contributed by atoms with Gasteiger partial charge < -0.3 is 14.8 Å². The van der Waals surface area contributed by atoms with Gasteiger partial charge in [-0.1, -0.05) is 6.92 Å². The van der Waals surface area contributed by atoms with Crippen molar-refractivity contribution < 1.29 is 19.1 Å². The summed E-state index contributed by atoms with van der Waals surface area (Å²) in [4.78, 5) is 22.2. The van der Waals surface area contributed by atoms with Crippen LogP contribution in [0.3, 0.4) is 0 Å². The molecule has 1 rings (SSSR count). The molecule has 0 saturated carbocycles. The first kappa shape index (κ1) is 13.3. The fraction of sp³-hybridized carbons (Fsp3) is 0.500. The number of carboxylic acids is 1. The highest BCUT2D eigenvalue weighted by atomic mass is 16.4. The van der Waals surface area contributed by atoms with E-state index in [2.05, 4.69) is 5.32 Å². The quantitative estimate of drug-likeness (QED) is 0.742. The molecule has 0 aliphatic heterocycles. The van der Waals surface area contributed by atoms with Gasteiger partial charge in [-0.3, -0.25) is 9.59 Å². The molecule has 0 aromatic carbocycles. The molecular formula is C12H17NO4. The Morgan fingerprint density at radius 3 is 2.76 bits per heavy atom. The van der Waals surface area contributed by atoms with Crippen molar-refractivity contribution in [1.29, 1.82) is 0 Å². The Morgan fingerprint density at radius 1 is 1.53 bits per heavy atom. The molecule has 0 aliphatic rings. The number of rotatable bonds is 6. The van der Waals surface area contributed by atoms with Crippen LogP contribution >= 0.6 is 0 Å². The van der Waals surface area contributed by atoms with Gasteiger partial charge in [0.05, 0.1) is 17.7 Å². The number of hydrogen-bond donors (Lipinski definition) is 2. The van der Waals surface area contributed by atoms with Gasteiger partial charge in [0.2, 0.25) is 0 Å². The number of carboxylic acid groups (broad SMARTS) is 1. The van der Waals surface area contributed by atoms with Gasteiger partial charge in [0.25, 0.3) is 5.91 Å². The summed E-state index contributed by atoms with van der Waals surface area (Å²) in [6.45, 7) is 3.85. The molecule has 5 nitrogen and oxygen atoms in total. The SMILES string of the molecule is Cc1occc1C(=O)NCCCC(C)C(=O)O. The molecule has 1 amide bonds. The van der Waals surface area contributed by atoms with Crippen LogP contribution in [0.5, 0.6) is 0 Å². The second kappa shape index (κ2) is 6.08. The van der Waals surface area contributed by atoms with E-state index in [9.17, 15) is 9.59 Å². The third-order valence-electron chi connectivity index (χ3n) is 2.62. The average molecular weight is 239 g/mol. The van der Waals surface area contributed by atoms with Crippen LogP contribution in [-0.2, 0) is 4.79 Å². The third kappa shape index (κ3) is 3.94. The first-order valence-corrected chi connectivity index (χ1v) is 5.57. The van der Waals surface area contributed by atoms with Crippen LogP contribution in [0.2, 0.25) is 0 Å². The first-order chi connectivity index (χ1) is 8.02. The second-order valence-electron chi connectivity index (χ2n) is 4.03. The fourth-order valence-electron chi connectivity index (χ4n) is 1.45. The normalized spacial score (nSPS) is 12.1. The Morgan fingerprint density at radius 2 is 2.24 bits per heavy atom. The van der Waals surface area contributed by atoms with Crippen molar-refractivity contribution in [3.8, 4) is 0 Å². The number of furan rings is 1. The summed E-state index contributed by atoms with van der Waals surface area (Å²) in [5.74, 6) is -0.773. The average Bonchev–Trinajstić information content (AvgIpc) is 2.70. The van der Waals surface area contributed by atoms with Gasteiger partial charge in [-0.25, -0.2) is 0 Å². The Hall–Kier alpha value is -1.78. The van der Waals surface area contributed by atoms with Gasteiger partial charge >= 0.3 is 5.97 Å². The molecular weight excluding hydrogens is 222 g/mol.